The topological polar surface area (TPSA) is 229 Å². The molecule has 0 radical (unpaired) electrons. The Bertz CT molecular complexity index is 3270. The zero-order chi connectivity index (χ0) is 47.9. The largest absolute Gasteiger partial charge is 0.479 e. The first-order chi connectivity index (χ1) is 33.2. The second kappa shape index (κ2) is 17.1. The Kier molecular flexibility index (Phi) is 11.2. The number of hydrogen-bond acceptors (Lipinski definition) is 13. The normalized spacial score (nSPS) is 20.5. The van der Waals surface area contributed by atoms with Crippen molar-refractivity contribution >= 4 is 102 Å². The molecule has 2 atom stereocenters. The van der Waals surface area contributed by atoms with E-state index in [-0.39, 0.29) is 58.0 Å². The molecule has 17 nitrogen and oxygen atoms in total. The second-order valence-corrected chi connectivity index (χ2v) is 21.8. The number of sulfonamides is 1. The van der Waals surface area contributed by atoms with E-state index in [0.29, 0.717) is 76.8 Å². The van der Waals surface area contributed by atoms with Gasteiger partial charge >= 0.3 is 11.9 Å². The summed E-state index contributed by atoms with van der Waals surface area (Å²) in [6, 6.07) is 22.1. The molecule has 6 heterocycles. The van der Waals surface area contributed by atoms with Gasteiger partial charge in [-0.3, -0.25) is 24.6 Å². The van der Waals surface area contributed by atoms with Crippen LogP contribution in [0.4, 0.5) is 17.4 Å². The van der Waals surface area contributed by atoms with Crippen LogP contribution in [0.15, 0.2) is 77.2 Å². The lowest BCUT2D eigenvalue weighted by molar-refractivity contribution is -0.139. The molecule has 1 spiro atoms. The predicted octanol–water partition coefficient (Wildman–Crippen LogP) is 7.61. The SMILES string of the molecule is O=C(O)COc1c(C(=O)O)sc(-c2cccc(NC3CCN(S(=O)(=O)Cc4ccc5oc(N6CCC(c7ccc8c9c(cccc79)C(=O)N8C7CCC(=O)NC7=O)CC6)nc5c4)C4(CC4)C3)c2)c1Cl. The summed E-state index contributed by atoms with van der Waals surface area (Å²) in [5, 5.41) is 26.6. The number of carboxylic acids is 2. The number of carbonyl (C=O) groups excluding carboxylic acids is 3. The Labute approximate surface area is 404 Å². The number of nitrogens with zero attached hydrogens (tertiary/aromatic N) is 4. The van der Waals surface area contributed by atoms with Gasteiger partial charge < -0.3 is 29.6 Å². The van der Waals surface area contributed by atoms with Crippen molar-refractivity contribution in [3.05, 3.63) is 99.4 Å². The molecule has 356 valence electrons. The summed E-state index contributed by atoms with van der Waals surface area (Å²) in [7, 11) is -3.72. The van der Waals surface area contributed by atoms with Crippen molar-refractivity contribution in [3.8, 4) is 16.2 Å². The number of aromatic carboxylic acids is 1. The molecule has 6 aromatic rings. The molecule has 5 aliphatic rings. The number of oxazole rings is 1. The van der Waals surface area contributed by atoms with Crippen LogP contribution < -0.4 is 25.2 Å². The number of amides is 3. The van der Waals surface area contributed by atoms with Crippen molar-refractivity contribution in [2.24, 2.45) is 0 Å². The summed E-state index contributed by atoms with van der Waals surface area (Å²) < 4.78 is 41.5. The predicted molar refractivity (Wildman–Crippen MR) is 258 cm³/mol. The molecule has 2 unspecified atom stereocenters. The summed E-state index contributed by atoms with van der Waals surface area (Å²) in [6.45, 7) is 0.944. The number of ether oxygens (including phenoxy) is 1. The molecule has 20 heteroatoms. The maximum absolute atomic E-state index is 14.2. The first-order valence-corrected chi connectivity index (χ1v) is 25.6. The molecule has 0 bridgehead atoms. The molecule has 69 heavy (non-hydrogen) atoms. The van der Waals surface area contributed by atoms with Crippen molar-refractivity contribution in [3.63, 3.8) is 0 Å². The van der Waals surface area contributed by atoms with Gasteiger partial charge in [-0.25, -0.2) is 18.0 Å². The molecule has 1 saturated carbocycles. The number of nitrogens with one attached hydrogen (secondary N) is 2. The van der Waals surface area contributed by atoms with Crippen molar-refractivity contribution in [1.29, 1.82) is 0 Å². The fourth-order valence-electron chi connectivity index (χ4n) is 10.8. The second-order valence-electron chi connectivity index (χ2n) is 18.5. The van der Waals surface area contributed by atoms with E-state index in [1.54, 1.807) is 45.6 Å². The molecule has 2 aromatic heterocycles. The van der Waals surface area contributed by atoms with Gasteiger partial charge in [-0.2, -0.15) is 9.29 Å². The van der Waals surface area contributed by atoms with Crippen LogP contribution in [0.25, 0.3) is 32.3 Å². The van der Waals surface area contributed by atoms with E-state index < -0.39 is 46.1 Å². The lowest BCUT2D eigenvalue weighted by Gasteiger charge is -2.39. The third-order valence-electron chi connectivity index (χ3n) is 14.1. The van der Waals surface area contributed by atoms with Gasteiger partial charge in [-0.1, -0.05) is 48.0 Å². The van der Waals surface area contributed by atoms with Crippen molar-refractivity contribution in [1.82, 2.24) is 14.6 Å². The van der Waals surface area contributed by atoms with Gasteiger partial charge in [0.1, 0.15) is 16.6 Å². The van der Waals surface area contributed by atoms with Gasteiger partial charge in [0.2, 0.25) is 21.8 Å². The monoisotopic (exact) mass is 992 g/mol. The number of carboxylic acid groups (broad SMARTS) is 2. The Morgan fingerprint density at radius 3 is 2.52 bits per heavy atom. The first-order valence-electron chi connectivity index (χ1n) is 22.8. The van der Waals surface area contributed by atoms with Gasteiger partial charge in [0, 0.05) is 54.3 Å². The number of piperidine rings is 3. The maximum atomic E-state index is 14.2. The molecule has 4 aliphatic heterocycles. The number of halogens is 1. The number of benzene rings is 4. The minimum Gasteiger partial charge on any atom is -0.479 e. The summed E-state index contributed by atoms with van der Waals surface area (Å²) in [5.74, 6) is -3.74. The number of imide groups is 1. The van der Waals surface area contributed by atoms with E-state index in [1.165, 1.54) is 0 Å². The Hall–Kier alpha value is -6.54. The molecule has 1 aliphatic carbocycles. The van der Waals surface area contributed by atoms with Crippen LogP contribution in [0.3, 0.4) is 0 Å². The average Bonchev–Trinajstić information content (AvgIpc) is 3.64. The molecule has 3 amide bonds. The smallest absolute Gasteiger partial charge is 0.349 e. The van der Waals surface area contributed by atoms with Crippen molar-refractivity contribution < 1.29 is 51.8 Å². The average molecular weight is 994 g/mol. The first kappa shape index (κ1) is 44.9. The number of aliphatic carboxylic acids is 1. The van der Waals surface area contributed by atoms with E-state index in [2.05, 4.69) is 21.6 Å². The van der Waals surface area contributed by atoms with Crippen LogP contribution in [0, 0.1) is 0 Å². The van der Waals surface area contributed by atoms with Gasteiger partial charge in [-0.05, 0) is 109 Å². The fraction of sp³-hybridized carbons (Fsp3) is 0.347. The van der Waals surface area contributed by atoms with Crippen LogP contribution in [0.5, 0.6) is 5.75 Å². The van der Waals surface area contributed by atoms with E-state index in [1.807, 2.05) is 30.3 Å². The van der Waals surface area contributed by atoms with Gasteiger partial charge in [0.05, 0.1) is 16.3 Å². The molecule has 4 fully saturated rings. The summed E-state index contributed by atoms with van der Waals surface area (Å²) in [4.78, 5) is 70.1. The minimum absolute atomic E-state index is 0.0161. The number of aromatic nitrogens is 1. The van der Waals surface area contributed by atoms with Crippen LogP contribution in [0.2, 0.25) is 5.02 Å². The number of carbonyl (C=O) groups is 5. The van der Waals surface area contributed by atoms with E-state index in [9.17, 15) is 37.5 Å². The highest BCUT2D eigenvalue weighted by Crippen LogP contribution is 2.51. The number of rotatable bonds is 13. The standard InChI is InChI=1S/C49H45ClN6O11S2/c50-41-42(66-24-39(58)59)44(47(62)63)68-43(41)28-3-1-4-29(22-28)51-30-15-20-55(49(23-30)16-17-49)69(64,65)25-26-7-11-37-34(21-26)52-48(67-37)54-18-13-27(14-19-54)31-8-9-35-40-32(31)5-2-6-33(40)46(61)56(35)36-10-12-38(57)53-45(36)60/h1-9,11,21-22,27,30,36,51H,10,12-20,23-25H2,(H,58,59)(H,62,63)(H,53,57,60). The van der Waals surface area contributed by atoms with E-state index in [0.717, 1.165) is 59.0 Å². The number of fused-ring (bicyclic) bond motifs is 1. The Balaban J connectivity index is 0.732. The van der Waals surface area contributed by atoms with E-state index in [4.69, 9.17) is 30.8 Å². The molecular formula is C49H45ClN6O11S2. The van der Waals surface area contributed by atoms with Crippen LogP contribution in [-0.4, -0.2) is 101 Å². The Morgan fingerprint density at radius 1 is 0.971 bits per heavy atom. The molecule has 4 N–H and O–H groups in total. The lowest BCUT2D eigenvalue weighted by atomic mass is 9.85. The van der Waals surface area contributed by atoms with Gasteiger partial charge in [-0.15, -0.1) is 11.3 Å². The zero-order valence-corrected chi connectivity index (χ0v) is 39.3. The fourth-order valence-corrected chi connectivity index (χ4v) is 14.2. The maximum Gasteiger partial charge on any atom is 0.349 e. The van der Waals surface area contributed by atoms with E-state index >= 15 is 0 Å². The highest BCUT2D eigenvalue weighted by atomic mass is 35.5. The van der Waals surface area contributed by atoms with Gasteiger partial charge in [0.15, 0.2) is 22.8 Å². The molecular weight excluding hydrogens is 948 g/mol. The third kappa shape index (κ3) is 8.13. The molecule has 11 rings (SSSR count). The number of anilines is 3. The lowest BCUT2D eigenvalue weighted by Crippen LogP contribution is -2.53. The third-order valence-corrected chi connectivity index (χ3v) is 17.7. The molecule has 3 saturated heterocycles. The minimum atomic E-state index is -3.72. The zero-order valence-electron chi connectivity index (χ0n) is 36.9. The summed E-state index contributed by atoms with van der Waals surface area (Å²) in [6.07, 6.45) is 4.74. The van der Waals surface area contributed by atoms with Crippen molar-refractivity contribution in [2.75, 3.05) is 41.4 Å². The van der Waals surface area contributed by atoms with Crippen LogP contribution in [0.1, 0.15) is 88.4 Å². The summed E-state index contributed by atoms with van der Waals surface area (Å²) in [5.41, 5.74) is 5.03. The highest BCUT2D eigenvalue weighted by molar-refractivity contribution is 7.88. The number of thiophene rings is 1. The molecule has 4 aromatic carbocycles. The number of hydrogen-bond donors (Lipinski definition) is 4. The highest BCUT2D eigenvalue weighted by Gasteiger charge is 2.55. The summed E-state index contributed by atoms with van der Waals surface area (Å²) >= 11 is 7.44. The van der Waals surface area contributed by atoms with Crippen molar-refractivity contribution in [2.45, 2.75) is 80.7 Å². The van der Waals surface area contributed by atoms with Gasteiger partial charge in [0.25, 0.3) is 11.9 Å². The Morgan fingerprint density at radius 2 is 1.77 bits per heavy atom. The quantitative estimate of drug-likeness (QED) is 0.0817. The van der Waals surface area contributed by atoms with Crippen LogP contribution in [-0.2, 0) is 30.2 Å². The van der Waals surface area contributed by atoms with Crippen LogP contribution >= 0.6 is 22.9 Å².